The summed E-state index contributed by atoms with van der Waals surface area (Å²) in [5, 5.41) is 12.5. The quantitative estimate of drug-likeness (QED) is 0.395. The van der Waals surface area contributed by atoms with Crippen LogP contribution >= 0.6 is 15.9 Å². The molecule has 0 radical (unpaired) electrons. The minimum absolute atomic E-state index is 0.0493. The number of halogens is 1. The van der Waals surface area contributed by atoms with Crippen molar-refractivity contribution in [1.29, 1.82) is 0 Å². The van der Waals surface area contributed by atoms with Crippen molar-refractivity contribution in [3.05, 3.63) is 74.7 Å². The zero-order valence-electron chi connectivity index (χ0n) is 12.3. The first kappa shape index (κ1) is 18.1. The van der Waals surface area contributed by atoms with E-state index in [1.54, 1.807) is 18.2 Å². The van der Waals surface area contributed by atoms with Gasteiger partial charge in [0.1, 0.15) is 12.8 Å². The molecule has 0 fully saturated rings. The highest BCUT2D eigenvalue weighted by Crippen LogP contribution is 2.17. The Morgan fingerprint density at radius 2 is 1.79 bits per heavy atom. The first-order chi connectivity index (χ1) is 11.4. The Kier molecular flexibility index (Phi) is 6.04. The predicted molar refractivity (Wildman–Crippen MR) is 91.8 cm³/mol. The number of oxime groups is 1. The fraction of sp³-hybridized carbons (Fsp3) is 0.133. The number of benzene rings is 2. The molecule has 24 heavy (non-hydrogen) atoms. The summed E-state index contributed by atoms with van der Waals surface area (Å²) in [6, 6.07) is 14.4. The average molecular weight is 413 g/mol. The van der Waals surface area contributed by atoms with E-state index in [-0.39, 0.29) is 11.5 Å². The lowest BCUT2D eigenvalue weighted by molar-refractivity contribution is -0.478. The Hall–Kier alpha value is -2.26. The maximum atomic E-state index is 12.3. The lowest BCUT2D eigenvalue weighted by Gasteiger charge is -2.07. The number of rotatable bonds is 7. The number of nitro groups is 1. The van der Waals surface area contributed by atoms with E-state index in [0.717, 1.165) is 10.0 Å². The van der Waals surface area contributed by atoms with Gasteiger partial charge in [-0.2, -0.15) is 0 Å². The third kappa shape index (κ3) is 4.39. The fourth-order valence-electron chi connectivity index (χ4n) is 1.81. The summed E-state index contributed by atoms with van der Waals surface area (Å²) in [5.74, 6) is 0. The third-order valence-electron chi connectivity index (χ3n) is 3.04. The monoisotopic (exact) mass is 412 g/mol. The highest BCUT2D eigenvalue weighted by molar-refractivity contribution is 9.10. The van der Waals surface area contributed by atoms with Crippen LogP contribution in [0.25, 0.3) is 0 Å². The minimum Gasteiger partial charge on any atom is -0.391 e. The maximum Gasteiger partial charge on any atom is 0.352 e. The van der Waals surface area contributed by atoms with Crippen LogP contribution in [0.5, 0.6) is 0 Å². The summed E-state index contributed by atoms with van der Waals surface area (Å²) in [6.45, 7) is 0.0493. The average Bonchev–Trinajstić information content (AvgIpc) is 2.56. The van der Waals surface area contributed by atoms with E-state index < -0.39 is 20.1 Å². The molecule has 2 rings (SSSR count). The van der Waals surface area contributed by atoms with Gasteiger partial charge in [-0.3, -0.25) is 10.1 Å². The van der Waals surface area contributed by atoms with E-state index >= 15 is 0 Å². The van der Waals surface area contributed by atoms with Gasteiger partial charge in [0.2, 0.25) is 0 Å². The minimum atomic E-state index is -4.19. The topological polar surface area (TPSA) is 98.9 Å². The Morgan fingerprint density at radius 1 is 1.17 bits per heavy atom. The lowest BCUT2D eigenvalue weighted by atomic mass is 10.2. The molecule has 0 amide bonds. The van der Waals surface area contributed by atoms with E-state index in [1.165, 1.54) is 24.3 Å². The Labute approximate surface area is 147 Å². The molecule has 0 aliphatic rings. The summed E-state index contributed by atoms with van der Waals surface area (Å²) in [5.41, 5.74) is 0.776. The van der Waals surface area contributed by atoms with E-state index in [9.17, 15) is 18.5 Å². The summed E-state index contributed by atoms with van der Waals surface area (Å²) < 4.78 is 25.4. The van der Waals surface area contributed by atoms with Crippen molar-refractivity contribution in [2.24, 2.45) is 5.16 Å². The molecule has 0 aliphatic carbocycles. The molecule has 0 N–H and O–H groups in total. The van der Waals surface area contributed by atoms with E-state index in [0.29, 0.717) is 6.21 Å². The van der Waals surface area contributed by atoms with Crippen molar-refractivity contribution in [3.8, 4) is 0 Å². The van der Waals surface area contributed by atoms with Crippen LogP contribution in [0.1, 0.15) is 5.56 Å². The molecular weight excluding hydrogens is 400 g/mol. The van der Waals surface area contributed by atoms with Gasteiger partial charge in [0.05, 0.1) is 4.90 Å². The second-order valence-electron chi connectivity index (χ2n) is 4.65. The fourth-order valence-corrected chi connectivity index (χ4v) is 3.47. The second-order valence-corrected chi connectivity index (χ2v) is 7.55. The molecule has 0 heterocycles. The van der Waals surface area contributed by atoms with Gasteiger partial charge in [-0.25, -0.2) is 8.42 Å². The summed E-state index contributed by atoms with van der Waals surface area (Å²) >= 11 is 3.33. The van der Waals surface area contributed by atoms with Gasteiger partial charge in [-0.15, -0.1) is 0 Å². The highest BCUT2D eigenvalue weighted by Gasteiger charge is 2.36. The predicted octanol–water partition coefficient (Wildman–Crippen LogP) is 3.03. The van der Waals surface area contributed by atoms with Gasteiger partial charge in [-0.1, -0.05) is 57.5 Å². The van der Waals surface area contributed by atoms with Gasteiger partial charge < -0.3 is 4.84 Å². The number of sulfone groups is 1. The van der Waals surface area contributed by atoms with Crippen LogP contribution in [0.3, 0.4) is 0 Å². The van der Waals surface area contributed by atoms with E-state index in [4.69, 9.17) is 4.84 Å². The third-order valence-corrected chi connectivity index (χ3v) is 5.67. The van der Waals surface area contributed by atoms with Crippen molar-refractivity contribution in [1.82, 2.24) is 0 Å². The van der Waals surface area contributed by atoms with Crippen LogP contribution in [0, 0.1) is 10.1 Å². The van der Waals surface area contributed by atoms with Gasteiger partial charge in [0.25, 0.3) is 9.84 Å². The standard InChI is InChI=1S/C15H13BrN2O5S/c16-14-9-5-4-6-12(14)11-23-17-10-15(18(19)20)24(21,22)13-7-2-1-3-8-13/h1-10,15H,11H2/b17-10+. The first-order valence-corrected chi connectivity index (χ1v) is 9.08. The lowest BCUT2D eigenvalue weighted by Crippen LogP contribution is -2.31. The maximum absolute atomic E-state index is 12.3. The van der Waals surface area contributed by atoms with Gasteiger partial charge in [-0.05, 0) is 18.2 Å². The van der Waals surface area contributed by atoms with Crippen LogP contribution in [0.4, 0.5) is 0 Å². The molecule has 0 aliphatic heterocycles. The van der Waals surface area contributed by atoms with Crippen LogP contribution in [-0.2, 0) is 21.3 Å². The molecule has 0 spiro atoms. The van der Waals surface area contributed by atoms with Crippen molar-refractivity contribution >= 4 is 32.0 Å². The normalized spacial score (nSPS) is 12.9. The molecule has 0 saturated carbocycles. The Balaban J connectivity index is 2.12. The van der Waals surface area contributed by atoms with Gasteiger partial charge in [0, 0.05) is 15.0 Å². The molecule has 9 heteroatoms. The molecular formula is C15H13BrN2O5S. The molecule has 0 bridgehead atoms. The van der Waals surface area contributed by atoms with Crippen molar-refractivity contribution in [2.45, 2.75) is 16.9 Å². The van der Waals surface area contributed by atoms with E-state index in [2.05, 4.69) is 21.1 Å². The van der Waals surface area contributed by atoms with Crippen molar-refractivity contribution in [2.75, 3.05) is 0 Å². The van der Waals surface area contributed by atoms with Gasteiger partial charge in [0.15, 0.2) is 0 Å². The smallest absolute Gasteiger partial charge is 0.352 e. The zero-order chi connectivity index (χ0) is 17.6. The van der Waals surface area contributed by atoms with Crippen LogP contribution in [0.2, 0.25) is 0 Å². The molecule has 7 nitrogen and oxygen atoms in total. The van der Waals surface area contributed by atoms with E-state index in [1.807, 2.05) is 12.1 Å². The molecule has 2 aromatic carbocycles. The van der Waals surface area contributed by atoms with Gasteiger partial charge >= 0.3 is 5.37 Å². The summed E-state index contributed by atoms with van der Waals surface area (Å²) in [7, 11) is -4.19. The van der Waals surface area contributed by atoms with Crippen molar-refractivity contribution < 1.29 is 18.2 Å². The summed E-state index contributed by atoms with van der Waals surface area (Å²) in [6.07, 6.45) is 0.680. The molecule has 2 aromatic rings. The number of hydrogen-bond acceptors (Lipinski definition) is 6. The molecule has 126 valence electrons. The zero-order valence-corrected chi connectivity index (χ0v) is 14.7. The van der Waals surface area contributed by atoms with Crippen LogP contribution in [-0.4, -0.2) is 24.9 Å². The molecule has 0 aromatic heterocycles. The molecule has 1 unspecified atom stereocenters. The first-order valence-electron chi connectivity index (χ1n) is 6.74. The number of nitrogens with zero attached hydrogens (tertiary/aromatic N) is 2. The Morgan fingerprint density at radius 3 is 2.42 bits per heavy atom. The van der Waals surface area contributed by atoms with Crippen LogP contribution in [0.15, 0.2) is 69.1 Å². The highest BCUT2D eigenvalue weighted by atomic mass is 79.9. The SMILES string of the molecule is O=[N+]([O-])C(/C=N/OCc1ccccc1Br)S(=O)(=O)c1ccccc1. The number of hydrogen-bond donors (Lipinski definition) is 0. The molecule has 0 saturated heterocycles. The molecule has 1 atom stereocenters. The summed E-state index contributed by atoms with van der Waals surface area (Å²) in [4.78, 5) is 15.0. The Bertz CT molecular complexity index is 840. The van der Waals surface area contributed by atoms with Crippen molar-refractivity contribution in [3.63, 3.8) is 0 Å². The second kappa shape index (κ2) is 8.02. The largest absolute Gasteiger partial charge is 0.391 e. The van der Waals surface area contributed by atoms with Crippen LogP contribution < -0.4 is 0 Å².